The first-order chi connectivity index (χ1) is 39.6. The lowest BCUT2D eigenvalue weighted by atomic mass is 9.98. The number of carbonyl (C=O) groups excluding carboxylic acids is 3. The Bertz CT molecular complexity index is 1820. The summed E-state index contributed by atoms with van der Waals surface area (Å²) in [5, 5.41) is 31.6. The fourth-order valence-corrected chi connectivity index (χ4v) is 9.00. The van der Waals surface area contributed by atoms with Gasteiger partial charge in [-0.25, -0.2) is 4.79 Å². The molecule has 3 N–H and O–H groups in total. The molecule has 1 heterocycles. The number of carboxylic acid groups (broad SMARTS) is 1. The highest BCUT2D eigenvalue weighted by Gasteiger charge is 2.50. The van der Waals surface area contributed by atoms with Crippen molar-refractivity contribution >= 4 is 23.9 Å². The van der Waals surface area contributed by atoms with Crippen LogP contribution in [-0.2, 0) is 42.9 Å². The van der Waals surface area contributed by atoms with Crippen LogP contribution in [0.25, 0.3) is 0 Å². The van der Waals surface area contributed by atoms with Gasteiger partial charge in [-0.3, -0.25) is 14.4 Å². The van der Waals surface area contributed by atoms with Gasteiger partial charge in [-0.1, -0.05) is 226 Å². The number of aliphatic hydroxyl groups is 2. The van der Waals surface area contributed by atoms with E-state index in [1.165, 1.54) is 70.6 Å². The minimum absolute atomic E-state index is 0.0462. The molecule has 0 spiro atoms. The van der Waals surface area contributed by atoms with Gasteiger partial charge in [-0.05, 0) is 116 Å². The summed E-state index contributed by atoms with van der Waals surface area (Å²) in [4.78, 5) is 51.3. The third-order valence-electron chi connectivity index (χ3n) is 13.8. The van der Waals surface area contributed by atoms with Crippen molar-refractivity contribution in [2.75, 3.05) is 13.2 Å². The van der Waals surface area contributed by atoms with Crippen LogP contribution in [0, 0.1) is 0 Å². The van der Waals surface area contributed by atoms with Crippen molar-refractivity contribution in [3.63, 3.8) is 0 Å². The summed E-state index contributed by atoms with van der Waals surface area (Å²) in [5.41, 5.74) is 0. The molecule has 0 aromatic rings. The fourth-order valence-electron chi connectivity index (χ4n) is 9.00. The minimum Gasteiger partial charge on any atom is -0.479 e. The Morgan fingerprint density at radius 3 is 1.23 bits per heavy atom. The average Bonchev–Trinajstić information content (AvgIpc) is 3.53. The first-order valence-electron chi connectivity index (χ1n) is 31.9. The van der Waals surface area contributed by atoms with Crippen LogP contribution in [-0.4, -0.2) is 89.2 Å². The quantitative estimate of drug-likeness (QED) is 0.0228. The van der Waals surface area contributed by atoms with Crippen LogP contribution in [0.5, 0.6) is 0 Å². The Hall–Kier alpha value is -4.62. The molecule has 1 rings (SSSR count). The second kappa shape index (κ2) is 55.9. The number of ether oxygens (including phenoxy) is 5. The number of hydrogen-bond donors (Lipinski definition) is 3. The van der Waals surface area contributed by atoms with Gasteiger partial charge in [0.2, 0.25) is 0 Å². The summed E-state index contributed by atoms with van der Waals surface area (Å²) >= 11 is 0. The highest BCUT2D eigenvalue weighted by atomic mass is 16.7. The van der Waals surface area contributed by atoms with Crippen molar-refractivity contribution < 1.29 is 58.2 Å². The number of aliphatic carboxylic acids is 1. The van der Waals surface area contributed by atoms with Gasteiger partial charge in [0.1, 0.15) is 18.8 Å². The lowest BCUT2D eigenvalue weighted by Gasteiger charge is -2.40. The fraction of sp³-hybridized carbons (Fsp3) is 0.681. The zero-order chi connectivity index (χ0) is 58.9. The Morgan fingerprint density at radius 1 is 0.420 bits per heavy atom. The summed E-state index contributed by atoms with van der Waals surface area (Å²) in [7, 11) is 0. The molecule has 0 aliphatic carbocycles. The molecule has 0 amide bonds. The van der Waals surface area contributed by atoms with Crippen LogP contribution in [0.4, 0.5) is 0 Å². The third kappa shape index (κ3) is 45.6. The zero-order valence-corrected chi connectivity index (χ0v) is 50.7. The number of hydrogen-bond acceptors (Lipinski definition) is 11. The van der Waals surface area contributed by atoms with Crippen LogP contribution >= 0.6 is 0 Å². The number of rotatable bonds is 53. The van der Waals surface area contributed by atoms with Gasteiger partial charge in [0.25, 0.3) is 0 Å². The van der Waals surface area contributed by atoms with E-state index in [9.17, 15) is 34.5 Å². The molecule has 0 aromatic carbocycles. The standard InChI is InChI=1S/C69H112O12/c1-4-7-10-13-16-19-22-25-28-30-31-33-36-39-42-45-48-51-54-57-63(72)80-67-65(74)64(73)66(68(75)76)81-69(67)78-59-60(79-62(71)56-53-50-47-44-41-38-34-27-24-21-18-15-12-9-6-3)58-77-61(70)55-52-49-46-43-40-37-35-32-29-26-23-20-17-14-11-8-5-2/h8-9,11-12,17-18,20-21,25-29,34-35,37,43,46,60,64-67,69,73-74H,4-7,10,13-16,19,22-24,30-33,36,38-42,44-45,47-59H2,1-3H3,(H,75,76)/b11-8-,12-9-,20-17-,21-18-,28-25-,29-26-,34-27-,37-35-,46-43-. The topological polar surface area (TPSA) is 175 Å². The van der Waals surface area contributed by atoms with Gasteiger partial charge in [0.05, 0.1) is 6.61 Å². The maximum Gasteiger partial charge on any atom is 0.335 e. The molecule has 1 aliphatic heterocycles. The largest absolute Gasteiger partial charge is 0.479 e. The molecule has 1 fully saturated rings. The SMILES string of the molecule is CC/C=C\C/C=C\C/C=C\C/C=C\C/C=C\CCCC(=O)OCC(COC1OC(C(=O)O)C(O)C(O)C1OC(=O)CCCCCCCCCCC/C=C\CCCCCCCC)OC(=O)CCCCCCC/C=C\C/C=C\C/C=C\CC. The number of esters is 3. The van der Waals surface area contributed by atoms with E-state index >= 15 is 0 Å². The van der Waals surface area contributed by atoms with Crippen molar-refractivity contribution in [3.05, 3.63) is 109 Å². The maximum absolute atomic E-state index is 13.2. The van der Waals surface area contributed by atoms with E-state index in [0.29, 0.717) is 25.7 Å². The Labute approximate surface area is 491 Å². The summed E-state index contributed by atoms with van der Waals surface area (Å²) in [6.45, 7) is 5.71. The summed E-state index contributed by atoms with van der Waals surface area (Å²) in [6.07, 6.45) is 63.4. The van der Waals surface area contributed by atoms with E-state index in [2.05, 4.69) is 124 Å². The maximum atomic E-state index is 13.2. The molecule has 0 radical (unpaired) electrons. The van der Waals surface area contributed by atoms with Crippen LogP contribution in [0.1, 0.15) is 252 Å². The molecule has 0 saturated carbocycles. The van der Waals surface area contributed by atoms with Crippen LogP contribution in [0.2, 0.25) is 0 Å². The number of carboxylic acids is 1. The van der Waals surface area contributed by atoms with Gasteiger partial charge in [0, 0.05) is 19.3 Å². The van der Waals surface area contributed by atoms with Crippen molar-refractivity contribution in [3.8, 4) is 0 Å². The van der Waals surface area contributed by atoms with Crippen molar-refractivity contribution in [1.29, 1.82) is 0 Å². The highest BCUT2D eigenvalue weighted by Crippen LogP contribution is 2.26. The van der Waals surface area contributed by atoms with E-state index < -0.39 is 67.3 Å². The Morgan fingerprint density at radius 2 is 0.790 bits per heavy atom. The molecule has 81 heavy (non-hydrogen) atoms. The summed E-state index contributed by atoms with van der Waals surface area (Å²) < 4.78 is 28.4. The highest BCUT2D eigenvalue weighted by molar-refractivity contribution is 5.74. The third-order valence-corrected chi connectivity index (χ3v) is 13.8. The molecule has 0 aromatic heterocycles. The molecule has 1 saturated heterocycles. The van der Waals surface area contributed by atoms with E-state index in [-0.39, 0.29) is 25.9 Å². The van der Waals surface area contributed by atoms with Gasteiger partial charge in [-0.2, -0.15) is 0 Å². The molecular formula is C69H112O12. The lowest BCUT2D eigenvalue weighted by Crippen LogP contribution is -2.61. The molecule has 12 nitrogen and oxygen atoms in total. The summed E-state index contributed by atoms with van der Waals surface area (Å²) in [6, 6.07) is 0. The molecule has 12 heteroatoms. The normalized spacial score (nSPS) is 18.5. The first kappa shape index (κ1) is 74.4. The van der Waals surface area contributed by atoms with Gasteiger partial charge < -0.3 is 39.0 Å². The molecule has 6 unspecified atom stereocenters. The zero-order valence-electron chi connectivity index (χ0n) is 50.7. The Balaban J connectivity index is 2.70. The van der Waals surface area contributed by atoms with E-state index in [4.69, 9.17) is 23.7 Å². The second-order valence-corrected chi connectivity index (χ2v) is 21.3. The number of unbranched alkanes of at least 4 members (excludes halogenated alkanes) is 21. The number of allylic oxidation sites excluding steroid dienone is 18. The van der Waals surface area contributed by atoms with Gasteiger partial charge >= 0.3 is 23.9 Å². The van der Waals surface area contributed by atoms with E-state index in [1.807, 2.05) is 6.08 Å². The predicted octanol–water partition coefficient (Wildman–Crippen LogP) is 17.0. The second-order valence-electron chi connectivity index (χ2n) is 21.3. The van der Waals surface area contributed by atoms with Gasteiger partial charge in [-0.15, -0.1) is 0 Å². The first-order valence-corrected chi connectivity index (χ1v) is 31.9. The molecule has 1 aliphatic rings. The van der Waals surface area contributed by atoms with Crippen molar-refractivity contribution in [2.45, 2.75) is 289 Å². The molecular weight excluding hydrogens is 1020 g/mol. The van der Waals surface area contributed by atoms with Crippen LogP contribution < -0.4 is 0 Å². The molecule has 460 valence electrons. The van der Waals surface area contributed by atoms with E-state index in [0.717, 1.165) is 116 Å². The molecule has 6 atom stereocenters. The Kier molecular flexibility index (Phi) is 51.3. The van der Waals surface area contributed by atoms with Crippen LogP contribution in [0.15, 0.2) is 109 Å². The predicted molar refractivity (Wildman–Crippen MR) is 330 cm³/mol. The van der Waals surface area contributed by atoms with Crippen molar-refractivity contribution in [1.82, 2.24) is 0 Å². The monoisotopic (exact) mass is 1130 g/mol. The van der Waals surface area contributed by atoms with E-state index in [1.54, 1.807) is 0 Å². The average molecular weight is 1130 g/mol. The number of carbonyl (C=O) groups is 4. The molecule has 0 bridgehead atoms. The van der Waals surface area contributed by atoms with Gasteiger partial charge in [0.15, 0.2) is 24.6 Å². The minimum atomic E-state index is -1.92. The van der Waals surface area contributed by atoms with Crippen LogP contribution in [0.3, 0.4) is 0 Å². The summed E-state index contributed by atoms with van der Waals surface area (Å²) in [5.74, 6) is -3.23. The number of aliphatic hydroxyl groups excluding tert-OH is 2. The smallest absolute Gasteiger partial charge is 0.335 e. The van der Waals surface area contributed by atoms with Crippen molar-refractivity contribution in [2.24, 2.45) is 0 Å². The lowest BCUT2D eigenvalue weighted by molar-refractivity contribution is -0.301.